The molecule has 1 aromatic rings. The second-order valence-electron chi connectivity index (χ2n) is 2.14. The fourth-order valence-corrected chi connectivity index (χ4v) is 0.865. The molecule has 2 N–H and O–H groups in total. The van der Waals surface area contributed by atoms with Gasteiger partial charge in [0.25, 0.3) is 0 Å². The average molecular weight is 213 g/mol. The molecule has 1 heterocycles. The molecule has 12 heavy (non-hydrogen) atoms. The highest BCUT2D eigenvalue weighted by Gasteiger charge is 1.97. The Labute approximate surface area is 84.4 Å². The molecule has 0 aliphatic rings. The van der Waals surface area contributed by atoms with E-state index in [1.165, 1.54) is 0 Å². The van der Waals surface area contributed by atoms with E-state index in [0.717, 1.165) is 18.8 Å². The lowest BCUT2D eigenvalue weighted by Crippen LogP contribution is -2.07. The predicted molar refractivity (Wildman–Crippen MR) is 52.7 cm³/mol. The van der Waals surface area contributed by atoms with Crippen LogP contribution < -0.4 is 5.73 Å². The first-order valence-electron chi connectivity index (χ1n) is 3.45. The predicted octanol–water partition coefficient (Wildman–Crippen LogP) is 0.990. The number of aryl methyl sites for hydroxylation is 1. The lowest BCUT2D eigenvalue weighted by atomic mass is 10.4. The van der Waals surface area contributed by atoms with E-state index < -0.39 is 0 Å². The number of hydrogen-bond donors (Lipinski definition) is 1. The van der Waals surface area contributed by atoms with Crippen LogP contribution in [0, 0.1) is 0 Å². The van der Waals surface area contributed by atoms with Crippen LogP contribution in [0.1, 0.15) is 19.2 Å². The molecule has 0 bridgehead atoms. The normalized spacial score (nSPS) is 8.50. The van der Waals surface area contributed by atoms with Gasteiger partial charge in [-0.1, -0.05) is 6.92 Å². The van der Waals surface area contributed by atoms with Crippen LogP contribution >= 0.6 is 24.8 Å². The molecular formula is C6H14Cl2N4. The largest absolute Gasteiger partial charge is 0.324 e. The van der Waals surface area contributed by atoms with Gasteiger partial charge >= 0.3 is 0 Å². The van der Waals surface area contributed by atoms with Crippen molar-refractivity contribution in [2.75, 3.05) is 0 Å². The van der Waals surface area contributed by atoms with Crippen molar-refractivity contribution < 1.29 is 0 Å². The van der Waals surface area contributed by atoms with E-state index in [0.29, 0.717) is 6.54 Å². The molecular weight excluding hydrogens is 199 g/mol. The molecule has 0 aromatic carbocycles. The average Bonchev–Trinajstić information content (AvgIpc) is 2.36. The second-order valence-corrected chi connectivity index (χ2v) is 2.14. The summed E-state index contributed by atoms with van der Waals surface area (Å²) in [5, 5.41) is 7.59. The highest BCUT2D eigenvalue weighted by molar-refractivity contribution is 5.85. The first kappa shape index (κ1) is 14.2. The van der Waals surface area contributed by atoms with E-state index in [4.69, 9.17) is 5.73 Å². The van der Waals surface area contributed by atoms with E-state index in [2.05, 4.69) is 17.1 Å². The number of rotatable bonds is 3. The van der Waals surface area contributed by atoms with E-state index in [9.17, 15) is 0 Å². The number of nitrogens with zero attached hydrogens (tertiary/aromatic N) is 3. The summed E-state index contributed by atoms with van der Waals surface area (Å²) < 4.78 is 1.97. The summed E-state index contributed by atoms with van der Waals surface area (Å²) in [5.74, 6) is 0.863. The van der Waals surface area contributed by atoms with Crippen molar-refractivity contribution in [1.29, 1.82) is 0 Å². The van der Waals surface area contributed by atoms with Crippen LogP contribution in [0.2, 0.25) is 0 Å². The van der Waals surface area contributed by atoms with E-state index >= 15 is 0 Å². The number of hydrogen-bond acceptors (Lipinski definition) is 3. The molecule has 6 heteroatoms. The minimum atomic E-state index is 0. The molecule has 0 atom stereocenters. The van der Waals surface area contributed by atoms with Gasteiger partial charge in [-0.05, 0) is 6.42 Å². The zero-order valence-electron chi connectivity index (χ0n) is 6.93. The van der Waals surface area contributed by atoms with Crippen molar-refractivity contribution in [3.05, 3.63) is 12.2 Å². The standard InChI is InChI=1S/C6H12N4.2ClH/c1-2-3-10-5-8-9-6(10)4-7;;/h5H,2-4,7H2,1H3;2*1H. The Balaban J connectivity index is 0. The summed E-state index contributed by atoms with van der Waals surface area (Å²) in [6.45, 7) is 3.54. The van der Waals surface area contributed by atoms with Gasteiger partial charge in [-0.2, -0.15) is 0 Å². The molecule has 0 amide bonds. The molecule has 0 spiro atoms. The molecule has 4 nitrogen and oxygen atoms in total. The van der Waals surface area contributed by atoms with Crippen molar-refractivity contribution in [2.45, 2.75) is 26.4 Å². The maximum atomic E-state index is 5.40. The Morgan fingerprint density at radius 1 is 1.50 bits per heavy atom. The van der Waals surface area contributed by atoms with E-state index in [1.54, 1.807) is 6.33 Å². The van der Waals surface area contributed by atoms with Crippen LogP contribution in [0.3, 0.4) is 0 Å². The summed E-state index contributed by atoms with van der Waals surface area (Å²) in [7, 11) is 0. The van der Waals surface area contributed by atoms with Gasteiger partial charge in [0.2, 0.25) is 0 Å². The monoisotopic (exact) mass is 212 g/mol. The van der Waals surface area contributed by atoms with Gasteiger partial charge in [0, 0.05) is 6.54 Å². The molecule has 1 aromatic heterocycles. The van der Waals surface area contributed by atoms with Gasteiger partial charge in [-0.3, -0.25) is 0 Å². The van der Waals surface area contributed by atoms with Crippen molar-refractivity contribution in [3.63, 3.8) is 0 Å². The van der Waals surface area contributed by atoms with Crippen molar-refractivity contribution in [3.8, 4) is 0 Å². The van der Waals surface area contributed by atoms with Crippen LogP contribution in [0.25, 0.3) is 0 Å². The molecule has 0 aliphatic carbocycles. The van der Waals surface area contributed by atoms with Gasteiger partial charge in [-0.15, -0.1) is 35.0 Å². The quantitative estimate of drug-likeness (QED) is 0.814. The Bertz CT molecular complexity index is 201. The van der Waals surface area contributed by atoms with E-state index in [1.807, 2.05) is 4.57 Å². The first-order valence-corrected chi connectivity index (χ1v) is 3.45. The highest BCUT2D eigenvalue weighted by Crippen LogP contribution is 1.94. The number of halogens is 2. The smallest absolute Gasteiger partial charge is 0.146 e. The molecule has 0 radical (unpaired) electrons. The molecule has 0 aliphatic heterocycles. The third-order valence-corrected chi connectivity index (χ3v) is 1.34. The Morgan fingerprint density at radius 2 is 2.17 bits per heavy atom. The number of aromatic nitrogens is 3. The van der Waals surface area contributed by atoms with Crippen LogP contribution in [-0.2, 0) is 13.1 Å². The molecule has 0 saturated carbocycles. The van der Waals surface area contributed by atoms with Crippen LogP contribution in [-0.4, -0.2) is 14.8 Å². The van der Waals surface area contributed by atoms with Crippen molar-refractivity contribution in [1.82, 2.24) is 14.8 Å². The Hall–Kier alpha value is -0.320. The molecule has 0 fully saturated rings. The summed E-state index contributed by atoms with van der Waals surface area (Å²) in [4.78, 5) is 0. The number of nitrogens with two attached hydrogens (primary N) is 1. The maximum Gasteiger partial charge on any atom is 0.146 e. The molecule has 1 rings (SSSR count). The molecule has 0 saturated heterocycles. The van der Waals surface area contributed by atoms with Crippen LogP contribution in [0.4, 0.5) is 0 Å². The minimum Gasteiger partial charge on any atom is -0.324 e. The fraction of sp³-hybridized carbons (Fsp3) is 0.667. The van der Waals surface area contributed by atoms with Gasteiger partial charge < -0.3 is 10.3 Å². The topological polar surface area (TPSA) is 56.7 Å². The first-order chi connectivity index (χ1) is 4.88. The molecule has 0 unspecified atom stereocenters. The summed E-state index contributed by atoms with van der Waals surface area (Å²) in [5.41, 5.74) is 5.40. The Morgan fingerprint density at radius 3 is 2.67 bits per heavy atom. The van der Waals surface area contributed by atoms with Gasteiger partial charge in [0.1, 0.15) is 12.2 Å². The minimum absolute atomic E-state index is 0. The van der Waals surface area contributed by atoms with Crippen LogP contribution in [0.5, 0.6) is 0 Å². The highest BCUT2D eigenvalue weighted by atomic mass is 35.5. The third-order valence-electron chi connectivity index (χ3n) is 1.34. The van der Waals surface area contributed by atoms with Crippen molar-refractivity contribution >= 4 is 24.8 Å². The Kier molecular flexibility index (Phi) is 8.69. The third kappa shape index (κ3) is 3.38. The van der Waals surface area contributed by atoms with Gasteiger partial charge in [-0.25, -0.2) is 0 Å². The van der Waals surface area contributed by atoms with Gasteiger partial charge in [0.05, 0.1) is 6.54 Å². The van der Waals surface area contributed by atoms with Crippen LogP contribution in [0.15, 0.2) is 6.33 Å². The zero-order chi connectivity index (χ0) is 7.40. The second kappa shape index (κ2) is 7.34. The van der Waals surface area contributed by atoms with Gasteiger partial charge in [0.15, 0.2) is 0 Å². The summed E-state index contributed by atoms with van der Waals surface area (Å²) in [6, 6.07) is 0. The van der Waals surface area contributed by atoms with Crippen molar-refractivity contribution in [2.24, 2.45) is 5.73 Å². The molecule has 72 valence electrons. The lowest BCUT2D eigenvalue weighted by Gasteiger charge is -2.00. The SMILES string of the molecule is CCCn1cnnc1CN.Cl.Cl. The maximum absolute atomic E-state index is 5.40. The summed E-state index contributed by atoms with van der Waals surface area (Å²) in [6.07, 6.45) is 2.80. The lowest BCUT2D eigenvalue weighted by molar-refractivity contribution is 0.638. The fourth-order valence-electron chi connectivity index (χ4n) is 0.865. The summed E-state index contributed by atoms with van der Waals surface area (Å²) >= 11 is 0. The van der Waals surface area contributed by atoms with E-state index in [-0.39, 0.29) is 24.8 Å². The zero-order valence-corrected chi connectivity index (χ0v) is 8.57.